The minimum atomic E-state index is -1.48. The molecule has 4 aromatic carbocycles. The fourth-order valence-corrected chi connectivity index (χ4v) is 4.81. The Morgan fingerprint density at radius 1 is 0.895 bits per heavy atom. The standard InChI is InChI=1S/C30H24F2N2O4/c1-37-21-11-7-19(8-12-21)30(23-15-16-24(31)26(32)27(23)34-29(30)36)20-9-13-22(14-10-20)38-28(35)25(33)17-18-5-3-2-4-6-18/h2-16,25H,17,33H2,1H3,(H,34,36)/t25-,30?/m0/s1. The summed E-state index contributed by atoms with van der Waals surface area (Å²) in [5.74, 6) is -2.55. The average molecular weight is 515 g/mol. The van der Waals surface area contributed by atoms with Crippen LogP contribution >= 0.6 is 0 Å². The molecule has 1 aliphatic heterocycles. The maximum Gasteiger partial charge on any atom is 0.328 e. The summed E-state index contributed by atoms with van der Waals surface area (Å²) in [4.78, 5) is 26.2. The second-order valence-corrected chi connectivity index (χ2v) is 8.96. The zero-order chi connectivity index (χ0) is 26.9. The lowest BCUT2D eigenvalue weighted by molar-refractivity contribution is -0.135. The van der Waals surface area contributed by atoms with E-state index in [0.29, 0.717) is 23.3 Å². The number of esters is 1. The molecule has 5 rings (SSSR count). The van der Waals surface area contributed by atoms with Gasteiger partial charge in [-0.15, -0.1) is 0 Å². The molecule has 0 bridgehead atoms. The number of nitrogens with one attached hydrogen (secondary N) is 1. The van der Waals surface area contributed by atoms with E-state index >= 15 is 0 Å². The summed E-state index contributed by atoms with van der Waals surface area (Å²) in [6.45, 7) is 0. The van der Waals surface area contributed by atoms with Gasteiger partial charge < -0.3 is 20.5 Å². The Bertz CT molecular complexity index is 1490. The second-order valence-electron chi connectivity index (χ2n) is 8.96. The molecule has 6 nitrogen and oxygen atoms in total. The minimum Gasteiger partial charge on any atom is -0.497 e. The monoisotopic (exact) mass is 514 g/mol. The number of hydrogen-bond donors (Lipinski definition) is 2. The molecule has 0 aromatic heterocycles. The SMILES string of the molecule is COc1ccc(C2(c3ccc(OC(=O)[C@@H](N)Cc4ccccc4)cc3)C(=O)Nc3c2ccc(F)c3F)cc1. The maximum absolute atomic E-state index is 14.7. The highest BCUT2D eigenvalue weighted by Gasteiger charge is 2.51. The van der Waals surface area contributed by atoms with E-state index in [4.69, 9.17) is 15.2 Å². The molecule has 0 fully saturated rings. The van der Waals surface area contributed by atoms with Gasteiger partial charge in [0.1, 0.15) is 23.0 Å². The van der Waals surface area contributed by atoms with Crippen LogP contribution in [0.4, 0.5) is 14.5 Å². The molecule has 38 heavy (non-hydrogen) atoms. The van der Waals surface area contributed by atoms with Gasteiger partial charge in [0.25, 0.3) is 0 Å². The van der Waals surface area contributed by atoms with Crippen LogP contribution in [0.15, 0.2) is 91.0 Å². The summed E-state index contributed by atoms with van der Waals surface area (Å²) in [5, 5.41) is 2.52. The van der Waals surface area contributed by atoms with Crippen LogP contribution in [0.25, 0.3) is 0 Å². The first-order chi connectivity index (χ1) is 18.3. The average Bonchev–Trinajstić information content (AvgIpc) is 3.24. The third-order valence-corrected chi connectivity index (χ3v) is 6.71. The highest BCUT2D eigenvalue weighted by Crippen LogP contribution is 2.49. The Morgan fingerprint density at radius 2 is 1.50 bits per heavy atom. The van der Waals surface area contributed by atoms with Crippen LogP contribution in [0.5, 0.6) is 11.5 Å². The van der Waals surface area contributed by atoms with Crippen molar-refractivity contribution in [2.45, 2.75) is 17.9 Å². The largest absolute Gasteiger partial charge is 0.497 e. The summed E-state index contributed by atoms with van der Waals surface area (Å²) in [5.41, 5.74) is 6.51. The van der Waals surface area contributed by atoms with Crippen LogP contribution in [0.1, 0.15) is 22.3 Å². The Morgan fingerprint density at radius 3 is 2.11 bits per heavy atom. The van der Waals surface area contributed by atoms with Gasteiger partial charge in [0, 0.05) is 5.56 Å². The van der Waals surface area contributed by atoms with Gasteiger partial charge in [0.05, 0.1) is 12.8 Å². The fraction of sp³-hybridized carbons (Fsp3) is 0.133. The molecule has 0 saturated heterocycles. The highest BCUT2D eigenvalue weighted by atomic mass is 19.2. The number of anilines is 1. The molecule has 192 valence electrons. The quantitative estimate of drug-likeness (QED) is 0.275. The fourth-order valence-electron chi connectivity index (χ4n) is 4.81. The number of carbonyl (C=O) groups is 2. The number of carbonyl (C=O) groups excluding carboxylic acids is 2. The van der Waals surface area contributed by atoms with E-state index in [1.807, 2.05) is 30.3 Å². The molecule has 8 heteroatoms. The van der Waals surface area contributed by atoms with Crippen LogP contribution in [-0.4, -0.2) is 25.0 Å². The third kappa shape index (κ3) is 4.29. The molecule has 0 spiro atoms. The van der Waals surface area contributed by atoms with Crippen molar-refractivity contribution in [3.63, 3.8) is 0 Å². The Balaban J connectivity index is 1.50. The Labute approximate surface area is 218 Å². The van der Waals surface area contributed by atoms with E-state index in [9.17, 15) is 18.4 Å². The van der Waals surface area contributed by atoms with Gasteiger partial charge in [-0.25, -0.2) is 13.6 Å². The number of benzene rings is 4. The van der Waals surface area contributed by atoms with E-state index in [1.165, 1.54) is 13.2 Å². The first kappa shape index (κ1) is 25.1. The van der Waals surface area contributed by atoms with Crippen molar-refractivity contribution in [2.75, 3.05) is 12.4 Å². The van der Waals surface area contributed by atoms with E-state index in [0.717, 1.165) is 11.6 Å². The van der Waals surface area contributed by atoms with E-state index < -0.39 is 35.0 Å². The predicted octanol–water partition coefficient (Wildman–Crippen LogP) is 4.74. The lowest BCUT2D eigenvalue weighted by Crippen LogP contribution is -2.37. The van der Waals surface area contributed by atoms with Gasteiger partial charge in [0.2, 0.25) is 5.91 Å². The summed E-state index contributed by atoms with van der Waals surface area (Å²) in [6.07, 6.45) is 0.317. The van der Waals surface area contributed by atoms with E-state index in [-0.39, 0.29) is 17.0 Å². The number of nitrogens with two attached hydrogens (primary N) is 1. The molecule has 1 amide bonds. The molecule has 3 N–H and O–H groups in total. The van der Waals surface area contributed by atoms with Gasteiger partial charge in [-0.1, -0.05) is 60.7 Å². The summed E-state index contributed by atoms with van der Waals surface area (Å²) in [6, 6.07) is 24.0. The van der Waals surface area contributed by atoms with Crippen LogP contribution in [0, 0.1) is 11.6 Å². The molecule has 0 radical (unpaired) electrons. The third-order valence-electron chi connectivity index (χ3n) is 6.71. The minimum absolute atomic E-state index is 0.215. The predicted molar refractivity (Wildman–Crippen MR) is 138 cm³/mol. The van der Waals surface area contributed by atoms with Gasteiger partial charge in [-0.3, -0.25) is 4.79 Å². The van der Waals surface area contributed by atoms with E-state index in [2.05, 4.69) is 5.32 Å². The highest BCUT2D eigenvalue weighted by molar-refractivity contribution is 6.11. The number of methoxy groups -OCH3 is 1. The van der Waals surface area contributed by atoms with Crippen molar-refractivity contribution in [3.8, 4) is 11.5 Å². The number of hydrogen-bond acceptors (Lipinski definition) is 5. The van der Waals surface area contributed by atoms with Crippen LogP contribution in [-0.2, 0) is 21.4 Å². The van der Waals surface area contributed by atoms with Crippen molar-refractivity contribution >= 4 is 17.6 Å². The van der Waals surface area contributed by atoms with Crippen molar-refractivity contribution in [1.82, 2.24) is 0 Å². The Kier molecular flexibility index (Phi) is 6.65. The van der Waals surface area contributed by atoms with E-state index in [1.54, 1.807) is 48.5 Å². The topological polar surface area (TPSA) is 90.7 Å². The Hall–Kier alpha value is -4.56. The molecule has 0 saturated carbocycles. The summed E-state index contributed by atoms with van der Waals surface area (Å²) < 4.78 is 39.5. The van der Waals surface area contributed by atoms with Crippen molar-refractivity contribution in [2.24, 2.45) is 5.73 Å². The molecule has 1 heterocycles. The van der Waals surface area contributed by atoms with Crippen molar-refractivity contribution < 1.29 is 27.8 Å². The van der Waals surface area contributed by atoms with Crippen LogP contribution < -0.4 is 20.5 Å². The number of halogens is 2. The normalized spacial score (nSPS) is 16.9. The molecule has 4 aromatic rings. The molecular weight excluding hydrogens is 490 g/mol. The zero-order valence-corrected chi connectivity index (χ0v) is 20.4. The lowest BCUT2D eigenvalue weighted by Gasteiger charge is -2.29. The summed E-state index contributed by atoms with van der Waals surface area (Å²) in [7, 11) is 1.52. The molecule has 1 unspecified atom stereocenters. The second kappa shape index (κ2) is 10.1. The number of fused-ring (bicyclic) bond motifs is 1. The first-order valence-electron chi connectivity index (χ1n) is 11.9. The number of amides is 1. The lowest BCUT2D eigenvalue weighted by atomic mass is 9.70. The maximum atomic E-state index is 14.7. The molecule has 1 aliphatic rings. The molecule has 0 aliphatic carbocycles. The smallest absolute Gasteiger partial charge is 0.328 e. The van der Waals surface area contributed by atoms with Crippen molar-refractivity contribution in [3.05, 3.63) is 125 Å². The van der Waals surface area contributed by atoms with Gasteiger partial charge in [-0.2, -0.15) is 0 Å². The molecular formula is C30H24F2N2O4. The van der Waals surface area contributed by atoms with Crippen LogP contribution in [0.3, 0.4) is 0 Å². The van der Waals surface area contributed by atoms with Crippen molar-refractivity contribution in [1.29, 1.82) is 0 Å². The molecule has 2 atom stereocenters. The van der Waals surface area contributed by atoms with Gasteiger partial charge in [0.15, 0.2) is 11.6 Å². The summed E-state index contributed by atoms with van der Waals surface area (Å²) >= 11 is 0. The number of rotatable bonds is 7. The zero-order valence-electron chi connectivity index (χ0n) is 20.4. The van der Waals surface area contributed by atoms with Gasteiger partial charge >= 0.3 is 5.97 Å². The van der Waals surface area contributed by atoms with Gasteiger partial charge in [-0.05, 0) is 53.4 Å². The number of ether oxygens (including phenoxy) is 2. The van der Waals surface area contributed by atoms with Crippen LogP contribution in [0.2, 0.25) is 0 Å². The first-order valence-corrected chi connectivity index (χ1v) is 11.9.